The molecule has 1 aliphatic rings. The van der Waals surface area contributed by atoms with Crippen molar-refractivity contribution in [2.45, 2.75) is 25.9 Å². The Labute approximate surface area is 161 Å². The highest BCUT2D eigenvalue weighted by Gasteiger charge is 2.61. The molecule has 1 saturated carbocycles. The Hall–Kier alpha value is -2.81. The number of hydrogen-bond acceptors (Lipinski definition) is 2. The lowest BCUT2D eigenvalue weighted by atomic mass is 9.91. The van der Waals surface area contributed by atoms with Gasteiger partial charge in [0.2, 0.25) is 0 Å². The predicted molar refractivity (Wildman–Crippen MR) is 97.3 cm³/mol. The van der Waals surface area contributed by atoms with Crippen LogP contribution in [0.2, 0.25) is 0 Å². The van der Waals surface area contributed by atoms with E-state index in [1.165, 1.54) is 0 Å². The van der Waals surface area contributed by atoms with Crippen LogP contribution in [0.3, 0.4) is 0 Å². The van der Waals surface area contributed by atoms with E-state index in [1.807, 2.05) is 18.2 Å². The maximum absolute atomic E-state index is 13.4. The van der Waals surface area contributed by atoms with Gasteiger partial charge in [0.25, 0.3) is 0 Å². The quantitative estimate of drug-likeness (QED) is 0.529. The minimum atomic E-state index is -5.01. The normalized spacial score (nSPS) is 22.2. The van der Waals surface area contributed by atoms with Crippen LogP contribution in [-0.4, -0.2) is 6.18 Å². The molecule has 0 spiro atoms. The zero-order chi connectivity index (χ0) is 20.5. The second-order valence-corrected chi connectivity index (χ2v) is 7.48. The van der Waals surface area contributed by atoms with Crippen LogP contribution in [0.5, 0.6) is 11.5 Å². The van der Waals surface area contributed by atoms with Gasteiger partial charge in [0.15, 0.2) is 5.83 Å². The van der Waals surface area contributed by atoms with Gasteiger partial charge in [-0.25, -0.2) is 4.39 Å². The van der Waals surface area contributed by atoms with Crippen molar-refractivity contribution in [3.63, 3.8) is 0 Å². The first-order valence-corrected chi connectivity index (χ1v) is 8.81. The van der Waals surface area contributed by atoms with Crippen LogP contribution < -0.4 is 4.74 Å². The molecule has 3 atom stereocenters. The van der Waals surface area contributed by atoms with Crippen molar-refractivity contribution in [2.75, 3.05) is 0 Å². The molecule has 0 aromatic heterocycles. The molecule has 3 unspecified atom stereocenters. The largest absolute Gasteiger partial charge is 0.457 e. The lowest BCUT2D eigenvalue weighted by Gasteiger charge is -2.13. The van der Waals surface area contributed by atoms with Crippen molar-refractivity contribution in [1.29, 1.82) is 5.26 Å². The Balaban J connectivity index is 1.84. The number of alkyl halides is 3. The van der Waals surface area contributed by atoms with Gasteiger partial charge in [0, 0.05) is 0 Å². The van der Waals surface area contributed by atoms with Crippen molar-refractivity contribution >= 4 is 0 Å². The highest BCUT2D eigenvalue weighted by atomic mass is 19.4. The van der Waals surface area contributed by atoms with Gasteiger partial charge in [-0.1, -0.05) is 44.2 Å². The number of para-hydroxylation sites is 1. The summed E-state index contributed by atoms with van der Waals surface area (Å²) in [7, 11) is 0. The molecule has 3 rings (SSSR count). The first-order chi connectivity index (χ1) is 13.1. The molecule has 1 aliphatic carbocycles. The van der Waals surface area contributed by atoms with E-state index in [0.29, 0.717) is 23.1 Å². The Bertz CT molecular complexity index is 912. The molecule has 28 heavy (non-hydrogen) atoms. The summed E-state index contributed by atoms with van der Waals surface area (Å²) < 4.78 is 56.9. The zero-order valence-corrected chi connectivity index (χ0v) is 15.4. The number of rotatable bonds is 5. The number of halogens is 4. The molecule has 0 amide bonds. The SMILES string of the molecule is CC1(C)C(C=C(F)C(F)(F)F)C1C(C#N)c1cccc(Oc2ccccc2)c1. The summed E-state index contributed by atoms with van der Waals surface area (Å²) in [5.41, 5.74) is 0.0246. The van der Waals surface area contributed by atoms with Gasteiger partial charge in [0.05, 0.1) is 12.0 Å². The summed E-state index contributed by atoms with van der Waals surface area (Å²) in [5.74, 6) is -2.71. The van der Waals surface area contributed by atoms with Crippen molar-refractivity contribution < 1.29 is 22.3 Å². The van der Waals surface area contributed by atoms with Crippen LogP contribution in [0, 0.1) is 28.6 Å². The second kappa shape index (κ2) is 7.31. The van der Waals surface area contributed by atoms with Gasteiger partial charge in [0.1, 0.15) is 11.5 Å². The third-order valence-electron chi connectivity index (χ3n) is 5.29. The standard InChI is InChI=1S/C22H19F4NO/c1-21(2)18(12-19(23)22(24,25)26)20(21)17(13-27)14-7-6-10-16(11-14)28-15-8-4-3-5-9-15/h3-12,17-18,20H,1-2H3. The molecular formula is C22H19F4NO. The topological polar surface area (TPSA) is 33.0 Å². The summed E-state index contributed by atoms with van der Waals surface area (Å²) in [6.07, 6.45) is -4.39. The van der Waals surface area contributed by atoms with Crippen LogP contribution >= 0.6 is 0 Å². The van der Waals surface area contributed by atoms with Gasteiger partial charge in [-0.2, -0.15) is 18.4 Å². The number of benzene rings is 2. The highest BCUT2D eigenvalue weighted by Crippen LogP contribution is 2.65. The fraction of sp³-hybridized carbons (Fsp3) is 0.318. The number of allylic oxidation sites excluding steroid dienone is 2. The highest BCUT2D eigenvalue weighted by molar-refractivity contribution is 5.40. The van der Waals surface area contributed by atoms with Crippen molar-refractivity contribution in [3.05, 3.63) is 72.1 Å². The maximum atomic E-state index is 13.4. The van der Waals surface area contributed by atoms with E-state index < -0.39 is 35.2 Å². The fourth-order valence-electron chi connectivity index (χ4n) is 3.68. The van der Waals surface area contributed by atoms with Gasteiger partial charge in [-0.05, 0) is 53.2 Å². The minimum Gasteiger partial charge on any atom is -0.457 e. The van der Waals surface area contributed by atoms with Gasteiger partial charge in [-0.3, -0.25) is 0 Å². The summed E-state index contributed by atoms with van der Waals surface area (Å²) in [5, 5.41) is 9.69. The molecule has 0 aliphatic heterocycles. The maximum Gasteiger partial charge on any atom is 0.442 e. The third-order valence-corrected chi connectivity index (χ3v) is 5.29. The lowest BCUT2D eigenvalue weighted by molar-refractivity contribution is -0.109. The number of nitrogens with zero attached hydrogens (tertiary/aromatic N) is 1. The Morgan fingerprint density at radius 1 is 1.11 bits per heavy atom. The van der Waals surface area contributed by atoms with Crippen molar-refractivity contribution in [2.24, 2.45) is 17.3 Å². The Morgan fingerprint density at radius 3 is 2.36 bits per heavy atom. The molecule has 2 nitrogen and oxygen atoms in total. The van der Waals surface area contributed by atoms with Crippen LogP contribution in [0.1, 0.15) is 25.3 Å². The first-order valence-electron chi connectivity index (χ1n) is 8.81. The number of nitriles is 1. The lowest BCUT2D eigenvalue weighted by Crippen LogP contribution is -2.08. The predicted octanol–water partition coefficient (Wildman–Crippen LogP) is 6.77. The van der Waals surface area contributed by atoms with Crippen LogP contribution in [-0.2, 0) is 0 Å². The summed E-state index contributed by atoms with van der Waals surface area (Å²) in [6, 6.07) is 18.2. The van der Waals surface area contributed by atoms with E-state index in [1.54, 1.807) is 50.2 Å². The molecule has 1 fully saturated rings. The Kier molecular flexibility index (Phi) is 5.20. The van der Waals surface area contributed by atoms with Crippen LogP contribution in [0.25, 0.3) is 0 Å². The van der Waals surface area contributed by atoms with E-state index >= 15 is 0 Å². The average molecular weight is 389 g/mol. The molecule has 146 valence electrons. The zero-order valence-electron chi connectivity index (χ0n) is 15.4. The summed E-state index contributed by atoms with van der Waals surface area (Å²) in [6.45, 7) is 3.49. The smallest absolute Gasteiger partial charge is 0.442 e. The minimum absolute atomic E-state index is 0.419. The molecule has 2 aromatic rings. The molecule has 0 bridgehead atoms. The van der Waals surface area contributed by atoms with E-state index in [4.69, 9.17) is 4.74 Å². The second-order valence-electron chi connectivity index (χ2n) is 7.48. The van der Waals surface area contributed by atoms with Crippen LogP contribution in [0.4, 0.5) is 17.6 Å². The molecule has 0 heterocycles. The Morgan fingerprint density at radius 2 is 1.75 bits per heavy atom. The summed E-state index contributed by atoms with van der Waals surface area (Å²) >= 11 is 0. The first kappa shape index (κ1) is 19.9. The molecule has 0 N–H and O–H groups in total. The van der Waals surface area contributed by atoms with E-state index in [2.05, 4.69) is 6.07 Å². The average Bonchev–Trinajstić information content (AvgIpc) is 3.16. The third kappa shape index (κ3) is 4.04. The number of hydrogen-bond donors (Lipinski definition) is 0. The van der Waals surface area contributed by atoms with Crippen molar-refractivity contribution in [3.8, 4) is 17.6 Å². The summed E-state index contributed by atoms with van der Waals surface area (Å²) in [4.78, 5) is 0. The fourth-order valence-corrected chi connectivity index (χ4v) is 3.68. The molecular weight excluding hydrogens is 370 g/mol. The van der Waals surface area contributed by atoms with Crippen molar-refractivity contribution in [1.82, 2.24) is 0 Å². The van der Waals surface area contributed by atoms with Gasteiger partial charge < -0.3 is 4.74 Å². The monoisotopic (exact) mass is 389 g/mol. The van der Waals surface area contributed by atoms with E-state index in [9.17, 15) is 22.8 Å². The molecule has 2 aromatic carbocycles. The molecule has 6 heteroatoms. The van der Waals surface area contributed by atoms with Gasteiger partial charge >= 0.3 is 6.18 Å². The molecule has 0 saturated heterocycles. The molecule has 0 radical (unpaired) electrons. The van der Waals surface area contributed by atoms with Gasteiger partial charge in [-0.15, -0.1) is 0 Å². The van der Waals surface area contributed by atoms with Crippen LogP contribution in [0.15, 0.2) is 66.5 Å². The van der Waals surface area contributed by atoms with E-state index in [0.717, 1.165) is 0 Å². The van der Waals surface area contributed by atoms with E-state index in [-0.39, 0.29) is 0 Å². The number of ether oxygens (including phenoxy) is 1.